The average molecular weight is 493 g/mol. The second-order valence-corrected chi connectivity index (χ2v) is 10.9. The van der Waals surface area contributed by atoms with Gasteiger partial charge in [0.25, 0.3) is 5.91 Å². The SMILES string of the molecule is CCCC(NC(=O)c1cccs1)C(=O)N1CCC2C1C(=O)CN2S(=O)(=O)c1ccc[n+]([O-])c1. The molecule has 0 saturated carbocycles. The predicted octanol–water partition coefficient (Wildman–Crippen LogP) is 0.523. The van der Waals surface area contributed by atoms with Crippen LogP contribution in [0.25, 0.3) is 0 Å². The van der Waals surface area contributed by atoms with E-state index in [-0.39, 0.29) is 35.6 Å². The second-order valence-electron chi connectivity index (χ2n) is 8.04. The summed E-state index contributed by atoms with van der Waals surface area (Å²) in [5.41, 5.74) is 0. The summed E-state index contributed by atoms with van der Waals surface area (Å²) < 4.78 is 27.7. The number of Topliss-reactive ketones (excluding diaryl/α,β-unsaturated/α-hetero) is 1. The maximum Gasteiger partial charge on any atom is 0.261 e. The molecule has 4 rings (SSSR count). The fourth-order valence-corrected chi connectivity index (χ4v) is 6.71. The number of amides is 2. The van der Waals surface area contributed by atoms with Crippen LogP contribution in [0, 0.1) is 5.21 Å². The first-order valence-corrected chi connectivity index (χ1v) is 12.9. The van der Waals surface area contributed by atoms with Gasteiger partial charge >= 0.3 is 0 Å². The molecule has 2 saturated heterocycles. The highest BCUT2D eigenvalue weighted by atomic mass is 32.2. The van der Waals surface area contributed by atoms with Gasteiger partial charge in [0.05, 0.1) is 17.5 Å². The van der Waals surface area contributed by atoms with Crippen molar-refractivity contribution in [2.24, 2.45) is 0 Å². The van der Waals surface area contributed by atoms with Crippen molar-refractivity contribution >= 4 is 39.0 Å². The summed E-state index contributed by atoms with van der Waals surface area (Å²) in [4.78, 5) is 40.4. The molecule has 0 bridgehead atoms. The smallest absolute Gasteiger partial charge is 0.261 e. The summed E-state index contributed by atoms with van der Waals surface area (Å²) in [6, 6.07) is 3.61. The number of carbonyl (C=O) groups excluding carboxylic acids is 3. The molecular weight excluding hydrogens is 468 g/mol. The number of ketones is 1. The number of hydrogen-bond donors (Lipinski definition) is 1. The van der Waals surface area contributed by atoms with Gasteiger partial charge in [-0.25, -0.2) is 8.42 Å². The molecule has 176 valence electrons. The van der Waals surface area contributed by atoms with Gasteiger partial charge in [0.2, 0.25) is 15.9 Å². The van der Waals surface area contributed by atoms with E-state index in [2.05, 4.69) is 5.32 Å². The summed E-state index contributed by atoms with van der Waals surface area (Å²) >= 11 is 1.26. The molecule has 1 N–H and O–H groups in total. The predicted molar refractivity (Wildman–Crippen MR) is 119 cm³/mol. The number of pyridine rings is 1. The van der Waals surface area contributed by atoms with E-state index < -0.39 is 28.1 Å². The van der Waals surface area contributed by atoms with E-state index in [0.717, 1.165) is 10.5 Å². The van der Waals surface area contributed by atoms with Crippen molar-refractivity contribution in [2.75, 3.05) is 13.1 Å². The van der Waals surface area contributed by atoms with Crippen molar-refractivity contribution in [3.8, 4) is 0 Å². The van der Waals surface area contributed by atoms with Crippen LogP contribution in [0.2, 0.25) is 0 Å². The van der Waals surface area contributed by atoms with Crippen molar-refractivity contribution in [3.05, 3.63) is 52.1 Å². The van der Waals surface area contributed by atoms with Gasteiger partial charge in [-0.3, -0.25) is 14.4 Å². The van der Waals surface area contributed by atoms with Gasteiger partial charge in [-0.15, -0.1) is 11.3 Å². The van der Waals surface area contributed by atoms with E-state index in [1.807, 2.05) is 6.92 Å². The highest BCUT2D eigenvalue weighted by Crippen LogP contribution is 2.34. The van der Waals surface area contributed by atoms with Crippen LogP contribution in [0.15, 0.2) is 46.9 Å². The van der Waals surface area contributed by atoms with E-state index in [0.29, 0.717) is 28.9 Å². The molecule has 2 amide bonds. The van der Waals surface area contributed by atoms with Crippen LogP contribution >= 0.6 is 11.3 Å². The first kappa shape index (κ1) is 23.3. The zero-order valence-corrected chi connectivity index (χ0v) is 19.5. The number of nitrogens with one attached hydrogen (secondary N) is 1. The number of fused-ring (bicyclic) bond motifs is 1. The molecule has 3 unspecified atom stereocenters. The van der Waals surface area contributed by atoms with Crippen molar-refractivity contribution < 1.29 is 27.5 Å². The Hall–Kier alpha value is -2.83. The molecule has 2 fully saturated rings. The Kier molecular flexibility index (Phi) is 6.50. The topological polar surface area (TPSA) is 131 Å². The summed E-state index contributed by atoms with van der Waals surface area (Å²) in [5.74, 6) is -1.12. The fraction of sp³-hybridized carbons (Fsp3) is 0.429. The lowest BCUT2D eigenvalue weighted by Gasteiger charge is -2.28. The maximum absolute atomic E-state index is 13.3. The van der Waals surface area contributed by atoms with Crippen molar-refractivity contribution in [3.63, 3.8) is 0 Å². The largest absolute Gasteiger partial charge is 0.619 e. The van der Waals surface area contributed by atoms with Crippen molar-refractivity contribution in [1.82, 2.24) is 14.5 Å². The van der Waals surface area contributed by atoms with Gasteiger partial charge < -0.3 is 15.4 Å². The first-order chi connectivity index (χ1) is 15.7. The summed E-state index contributed by atoms with van der Waals surface area (Å²) in [7, 11) is -4.09. The zero-order chi connectivity index (χ0) is 23.8. The number of hydrogen-bond acceptors (Lipinski definition) is 7. The molecule has 2 aromatic rings. The molecular formula is C21H24N4O6S2. The van der Waals surface area contributed by atoms with Gasteiger partial charge in [0.1, 0.15) is 17.0 Å². The quantitative estimate of drug-likeness (QED) is 0.443. The summed E-state index contributed by atoms with van der Waals surface area (Å²) in [6.07, 6.45) is 3.45. The van der Waals surface area contributed by atoms with Crippen LogP contribution in [0.3, 0.4) is 0 Å². The Labute approximate surface area is 195 Å². The molecule has 2 aliphatic rings. The van der Waals surface area contributed by atoms with Gasteiger partial charge in [0, 0.05) is 12.6 Å². The molecule has 0 aliphatic carbocycles. The normalized spacial score (nSPS) is 21.7. The Balaban J connectivity index is 1.54. The van der Waals surface area contributed by atoms with E-state index in [9.17, 15) is 28.0 Å². The standard InChI is InChI=1S/C21H24N4O6S2/c1-2-5-15(22-20(27)18-7-4-11-32-18)21(28)24-10-8-16-19(24)17(26)13-25(16)33(30,31)14-6-3-9-23(29)12-14/h3-4,6-7,9,11-12,15-16,19H,2,5,8,10,13H2,1H3,(H,22,27). The number of thiophene rings is 1. The third-order valence-electron chi connectivity index (χ3n) is 5.94. The Morgan fingerprint density at radius 3 is 2.79 bits per heavy atom. The van der Waals surface area contributed by atoms with Crippen LogP contribution in [-0.4, -0.2) is 66.4 Å². The molecule has 2 aromatic heterocycles. The highest BCUT2D eigenvalue weighted by molar-refractivity contribution is 7.89. The van der Waals surface area contributed by atoms with Crippen LogP contribution in [0.1, 0.15) is 35.9 Å². The lowest BCUT2D eigenvalue weighted by molar-refractivity contribution is -0.607. The molecule has 4 heterocycles. The monoisotopic (exact) mass is 492 g/mol. The van der Waals surface area contributed by atoms with Crippen LogP contribution < -0.4 is 10.0 Å². The second kappa shape index (κ2) is 9.20. The molecule has 3 atom stereocenters. The maximum atomic E-state index is 13.3. The molecule has 10 nitrogen and oxygen atoms in total. The van der Waals surface area contributed by atoms with Gasteiger partial charge in [-0.1, -0.05) is 19.4 Å². The Morgan fingerprint density at radius 1 is 1.33 bits per heavy atom. The summed E-state index contributed by atoms with van der Waals surface area (Å²) in [6.45, 7) is 1.73. The van der Waals surface area contributed by atoms with E-state index in [1.165, 1.54) is 34.6 Å². The number of nitrogens with zero attached hydrogens (tertiary/aromatic N) is 3. The van der Waals surface area contributed by atoms with Gasteiger partial charge in [-0.2, -0.15) is 9.04 Å². The third kappa shape index (κ3) is 4.37. The number of sulfonamides is 1. The lowest BCUT2D eigenvalue weighted by atomic mass is 10.1. The molecule has 0 radical (unpaired) electrons. The average Bonchev–Trinajstić information content (AvgIpc) is 3.52. The molecule has 33 heavy (non-hydrogen) atoms. The van der Waals surface area contributed by atoms with E-state index in [4.69, 9.17) is 0 Å². The zero-order valence-electron chi connectivity index (χ0n) is 17.9. The molecule has 2 aliphatic heterocycles. The van der Waals surface area contributed by atoms with Gasteiger partial charge in [0.15, 0.2) is 18.2 Å². The van der Waals surface area contributed by atoms with Crippen LogP contribution in [0.5, 0.6) is 0 Å². The Bertz CT molecular complexity index is 1170. The molecule has 0 aromatic carbocycles. The number of aromatic nitrogens is 1. The third-order valence-corrected chi connectivity index (χ3v) is 8.66. The van der Waals surface area contributed by atoms with Crippen LogP contribution in [0.4, 0.5) is 0 Å². The minimum Gasteiger partial charge on any atom is -0.619 e. The minimum atomic E-state index is -4.09. The van der Waals surface area contributed by atoms with Crippen LogP contribution in [-0.2, 0) is 19.6 Å². The Morgan fingerprint density at radius 2 is 2.12 bits per heavy atom. The van der Waals surface area contributed by atoms with Crippen molar-refractivity contribution in [2.45, 2.75) is 49.2 Å². The first-order valence-electron chi connectivity index (χ1n) is 10.6. The number of rotatable bonds is 7. The fourth-order valence-electron chi connectivity index (χ4n) is 4.45. The van der Waals surface area contributed by atoms with E-state index in [1.54, 1.807) is 17.5 Å². The highest BCUT2D eigenvalue weighted by Gasteiger charge is 2.54. The molecule has 12 heteroatoms. The number of carbonyl (C=O) groups is 3. The van der Waals surface area contributed by atoms with E-state index >= 15 is 0 Å². The summed E-state index contributed by atoms with van der Waals surface area (Å²) in [5, 5.41) is 16.1. The van der Waals surface area contributed by atoms with Gasteiger partial charge in [-0.05, 0) is 30.4 Å². The number of likely N-dealkylation sites (tertiary alicyclic amines) is 1. The van der Waals surface area contributed by atoms with Crippen molar-refractivity contribution in [1.29, 1.82) is 0 Å². The molecule has 0 spiro atoms. The minimum absolute atomic E-state index is 0.203. The lowest BCUT2D eigenvalue weighted by Crippen LogP contribution is -2.52.